The Morgan fingerprint density at radius 3 is 2.45 bits per heavy atom. The third-order valence-electron chi connectivity index (χ3n) is 4.40. The molecule has 2 atom stereocenters. The number of hydrogen-bond acceptors (Lipinski definition) is 2. The Bertz CT molecular complexity index is 427. The lowest BCUT2D eigenvalue weighted by atomic mass is 9.81. The Hall–Kier alpha value is -0.540. The smallest absolute Gasteiger partial charge is 0.123 e. The Labute approximate surface area is 126 Å². The van der Waals surface area contributed by atoms with Crippen molar-refractivity contribution in [1.29, 1.82) is 0 Å². The van der Waals surface area contributed by atoms with Crippen LogP contribution < -0.4 is 5.32 Å². The molecule has 2 rings (SSSR count). The number of thioether (sulfide) groups is 1. The quantitative estimate of drug-likeness (QED) is 0.868. The minimum absolute atomic E-state index is 0.162. The van der Waals surface area contributed by atoms with E-state index in [2.05, 4.69) is 33.0 Å². The predicted octanol–water partition coefficient (Wildman–Crippen LogP) is 4.64. The minimum atomic E-state index is -0.162. The molecule has 1 heterocycles. The summed E-state index contributed by atoms with van der Waals surface area (Å²) in [5.41, 5.74) is 1.52. The predicted molar refractivity (Wildman–Crippen MR) is 86.6 cm³/mol. The van der Waals surface area contributed by atoms with Crippen LogP contribution in [0.25, 0.3) is 0 Å². The van der Waals surface area contributed by atoms with Crippen molar-refractivity contribution in [3.8, 4) is 0 Å². The van der Waals surface area contributed by atoms with Gasteiger partial charge in [-0.3, -0.25) is 0 Å². The molecule has 3 heteroatoms. The zero-order chi connectivity index (χ0) is 14.8. The fraction of sp³-hybridized carbons (Fsp3) is 0.647. The monoisotopic (exact) mass is 295 g/mol. The molecule has 112 valence electrons. The van der Waals surface area contributed by atoms with Gasteiger partial charge in [0.15, 0.2) is 0 Å². The third kappa shape index (κ3) is 3.76. The van der Waals surface area contributed by atoms with E-state index in [0.717, 1.165) is 5.75 Å². The van der Waals surface area contributed by atoms with Gasteiger partial charge in [-0.05, 0) is 41.2 Å². The van der Waals surface area contributed by atoms with Crippen LogP contribution in [0.4, 0.5) is 4.39 Å². The van der Waals surface area contributed by atoms with Crippen LogP contribution in [0.1, 0.15) is 45.7 Å². The Morgan fingerprint density at radius 2 is 1.90 bits per heavy atom. The minimum Gasteiger partial charge on any atom is -0.306 e. The summed E-state index contributed by atoms with van der Waals surface area (Å²) in [7, 11) is 0. The zero-order valence-corrected chi connectivity index (χ0v) is 13.8. The molecule has 1 aliphatic rings. The Kier molecular flexibility index (Phi) is 5.14. The van der Waals surface area contributed by atoms with E-state index in [9.17, 15) is 4.39 Å². The zero-order valence-electron chi connectivity index (χ0n) is 12.9. The molecule has 20 heavy (non-hydrogen) atoms. The lowest BCUT2D eigenvalue weighted by Crippen LogP contribution is -2.48. The van der Waals surface area contributed by atoms with Gasteiger partial charge >= 0.3 is 0 Å². The summed E-state index contributed by atoms with van der Waals surface area (Å²) in [6, 6.07) is 7.75. The molecule has 1 aromatic rings. The van der Waals surface area contributed by atoms with Crippen LogP contribution in [0.2, 0.25) is 0 Å². The molecule has 1 nitrogen and oxygen atoms in total. The van der Waals surface area contributed by atoms with E-state index < -0.39 is 0 Å². The van der Waals surface area contributed by atoms with Crippen LogP contribution >= 0.6 is 11.8 Å². The van der Waals surface area contributed by atoms with Gasteiger partial charge < -0.3 is 5.32 Å². The van der Waals surface area contributed by atoms with Crippen LogP contribution in [0, 0.1) is 17.2 Å². The highest BCUT2D eigenvalue weighted by molar-refractivity contribution is 7.99. The first-order valence-electron chi connectivity index (χ1n) is 7.49. The maximum Gasteiger partial charge on any atom is 0.123 e. The molecule has 0 radical (unpaired) electrons. The van der Waals surface area contributed by atoms with Crippen molar-refractivity contribution in [3.05, 3.63) is 35.6 Å². The normalized spacial score (nSPS) is 23.8. The molecule has 1 fully saturated rings. The molecule has 0 aromatic heterocycles. The second-order valence-electron chi connectivity index (χ2n) is 6.81. The van der Waals surface area contributed by atoms with Crippen LogP contribution in [-0.2, 0) is 0 Å². The van der Waals surface area contributed by atoms with Crippen molar-refractivity contribution in [3.63, 3.8) is 0 Å². The van der Waals surface area contributed by atoms with E-state index in [1.165, 1.54) is 17.7 Å². The topological polar surface area (TPSA) is 12.0 Å². The van der Waals surface area contributed by atoms with Gasteiger partial charge in [0.05, 0.1) is 0 Å². The SMILES string of the molecule is CC(C)C(NC1CSCCC1(C)C)c1ccc(F)cc1. The highest BCUT2D eigenvalue weighted by atomic mass is 32.2. The standard InChI is InChI=1S/C17H26FNS/c1-12(2)16(13-5-7-14(18)8-6-13)19-15-11-20-10-9-17(15,3)4/h5-8,12,15-16,19H,9-11H2,1-4H3. The summed E-state index contributed by atoms with van der Waals surface area (Å²) in [4.78, 5) is 0. The average molecular weight is 295 g/mol. The lowest BCUT2D eigenvalue weighted by Gasteiger charge is -2.42. The van der Waals surface area contributed by atoms with Crippen LogP contribution in [0.3, 0.4) is 0 Å². The summed E-state index contributed by atoms with van der Waals surface area (Å²) in [5.74, 6) is 2.75. The third-order valence-corrected chi connectivity index (χ3v) is 5.46. The van der Waals surface area contributed by atoms with Gasteiger partial charge in [0.1, 0.15) is 5.82 Å². The van der Waals surface area contributed by atoms with E-state index in [-0.39, 0.29) is 5.82 Å². The second-order valence-corrected chi connectivity index (χ2v) is 7.96. The van der Waals surface area contributed by atoms with Gasteiger partial charge in [-0.2, -0.15) is 11.8 Å². The van der Waals surface area contributed by atoms with Crippen molar-refractivity contribution in [2.24, 2.45) is 11.3 Å². The van der Waals surface area contributed by atoms with Crippen LogP contribution in [0.5, 0.6) is 0 Å². The molecule has 0 aliphatic carbocycles. The van der Waals surface area contributed by atoms with Crippen molar-refractivity contribution in [1.82, 2.24) is 5.32 Å². The molecular weight excluding hydrogens is 269 g/mol. The van der Waals surface area contributed by atoms with Gasteiger partial charge in [0, 0.05) is 17.8 Å². The molecule has 1 aromatic carbocycles. The van der Waals surface area contributed by atoms with Crippen molar-refractivity contribution in [2.75, 3.05) is 11.5 Å². The first-order valence-corrected chi connectivity index (χ1v) is 8.65. The van der Waals surface area contributed by atoms with Gasteiger partial charge in [-0.25, -0.2) is 4.39 Å². The molecule has 1 N–H and O–H groups in total. The summed E-state index contributed by atoms with van der Waals surface area (Å²) in [6.45, 7) is 9.16. The highest BCUT2D eigenvalue weighted by Gasteiger charge is 2.34. The summed E-state index contributed by atoms with van der Waals surface area (Å²) in [5, 5.41) is 3.84. The van der Waals surface area contributed by atoms with Crippen LogP contribution in [0.15, 0.2) is 24.3 Å². The van der Waals surface area contributed by atoms with Gasteiger partial charge in [0.2, 0.25) is 0 Å². The number of benzene rings is 1. The fourth-order valence-electron chi connectivity index (χ4n) is 2.77. The van der Waals surface area contributed by atoms with Gasteiger partial charge in [-0.1, -0.05) is 39.8 Å². The molecule has 2 unspecified atom stereocenters. The molecule has 1 saturated heterocycles. The lowest BCUT2D eigenvalue weighted by molar-refractivity contribution is 0.212. The van der Waals surface area contributed by atoms with E-state index >= 15 is 0 Å². The van der Waals surface area contributed by atoms with Crippen molar-refractivity contribution >= 4 is 11.8 Å². The maximum absolute atomic E-state index is 13.1. The summed E-state index contributed by atoms with van der Waals surface area (Å²) in [6.07, 6.45) is 1.25. The largest absolute Gasteiger partial charge is 0.306 e. The second kappa shape index (κ2) is 6.48. The molecule has 0 saturated carbocycles. The van der Waals surface area contributed by atoms with Crippen molar-refractivity contribution in [2.45, 2.75) is 46.2 Å². The van der Waals surface area contributed by atoms with Gasteiger partial charge in [0.25, 0.3) is 0 Å². The van der Waals surface area contributed by atoms with E-state index in [1.807, 2.05) is 23.9 Å². The summed E-state index contributed by atoms with van der Waals surface area (Å²) < 4.78 is 13.1. The van der Waals surface area contributed by atoms with E-state index in [0.29, 0.717) is 23.4 Å². The average Bonchev–Trinajstić information content (AvgIpc) is 2.38. The Morgan fingerprint density at radius 1 is 1.25 bits per heavy atom. The van der Waals surface area contributed by atoms with E-state index in [4.69, 9.17) is 0 Å². The first kappa shape index (κ1) is 15.8. The fourth-order valence-corrected chi connectivity index (χ4v) is 4.39. The Balaban J connectivity index is 2.15. The number of rotatable bonds is 4. The first-order chi connectivity index (χ1) is 9.40. The maximum atomic E-state index is 13.1. The molecule has 1 aliphatic heterocycles. The molecule has 0 amide bonds. The number of nitrogens with one attached hydrogen (secondary N) is 1. The summed E-state index contributed by atoms with van der Waals surface area (Å²) >= 11 is 2.03. The van der Waals surface area contributed by atoms with Gasteiger partial charge in [-0.15, -0.1) is 0 Å². The number of halogens is 1. The molecule has 0 spiro atoms. The highest BCUT2D eigenvalue weighted by Crippen LogP contribution is 2.36. The van der Waals surface area contributed by atoms with E-state index in [1.54, 1.807) is 12.1 Å². The van der Waals surface area contributed by atoms with Crippen molar-refractivity contribution < 1.29 is 4.39 Å². The van der Waals surface area contributed by atoms with Crippen LogP contribution in [-0.4, -0.2) is 17.5 Å². The molecular formula is C17H26FNS. The molecule has 0 bridgehead atoms. The number of hydrogen-bond donors (Lipinski definition) is 1.